The van der Waals surface area contributed by atoms with Gasteiger partial charge in [-0.2, -0.15) is 0 Å². The molecular weight excluding hydrogens is 212 g/mol. The van der Waals surface area contributed by atoms with Crippen molar-refractivity contribution < 1.29 is 9.47 Å². The molecule has 1 rings (SSSR count). The van der Waals surface area contributed by atoms with Gasteiger partial charge < -0.3 is 9.47 Å². The van der Waals surface area contributed by atoms with E-state index in [1.54, 1.807) is 7.11 Å². The topological polar surface area (TPSA) is 18.5 Å². The lowest BCUT2D eigenvalue weighted by atomic mass is 10.0. The summed E-state index contributed by atoms with van der Waals surface area (Å²) in [6.07, 6.45) is 0.207. The third kappa shape index (κ3) is 5.12. The van der Waals surface area contributed by atoms with Crippen LogP contribution in [0.1, 0.15) is 53.0 Å². The van der Waals surface area contributed by atoms with Crippen molar-refractivity contribution in [2.45, 2.75) is 53.6 Å². The van der Waals surface area contributed by atoms with Gasteiger partial charge in [-0.1, -0.05) is 27.7 Å². The van der Waals surface area contributed by atoms with Gasteiger partial charge in [0.25, 0.3) is 0 Å². The van der Waals surface area contributed by atoms with Crippen LogP contribution in [-0.4, -0.2) is 13.2 Å². The summed E-state index contributed by atoms with van der Waals surface area (Å²) < 4.78 is 11.0. The minimum atomic E-state index is 0.207. The molecule has 0 unspecified atom stereocenters. The Balaban J connectivity index is 0.00000121. The van der Waals surface area contributed by atoms with Gasteiger partial charge in [-0.25, -0.2) is 0 Å². The van der Waals surface area contributed by atoms with Crippen LogP contribution in [0.15, 0.2) is 18.2 Å². The lowest BCUT2D eigenvalue weighted by molar-refractivity contribution is 0.241. The number of methoxy groups -OCH3 is 1. The monoisotopic (exact) mass is 238 g/mol. The highest BCUT2D eigenvalue weighted by atomic mass is 16.5. The van der Waals surface area contributed by atoms with Crippen LogP contribution in [0, 0.1) is 0 Å². The minimum Gasteiger partial charge on any atom is -0.496 e. The molecule has 0 saturated carbocycles. The predicted octanol–water partition coefficient (Wildman–Crippen LogP) is 4.63. The van der Waals surface area contributed by atoms with Gasteiger partial charge in [-0.3, -0.25) is 0 Å². The van der Waals surface area contributed by atoms with E-state index in [9.17, 15) is 0 Å². The first-order valence-electron chi connectivity index (χ1n) is 6.39. The van der Waals surface area contributed by atoms with E-state index in [2.05, 4.69) is 19.9 Å². The van der Waals surface area contributed by atoms with Gasteiger partial charge in [-0.05, 0) is 38.0 Å². The van der Waals surface area contributed by atoms with Crippen LogP contribution in [0.5, 0.6) is 11.5 Å². The summed E-state index contributed by atoms with van der Waals surface area (Å²) in [5.74, 6) is 2.28. The van der Waals surface area contributed by atoms with Gasteiger partial charge in [0.1, 0.15) is 11.5 Å². The van der Waals surface area contributed by atoms with Crippen molar-refractivity contribution in [3.8, 4) is 11.5 Å². The Bertz CT molecular complexity index is 317. The van der Waals surface area contributed by atoms with E-state index < -0.39 is 0 Å². The Morgan fingerprint density at radius 2 is 1.59 bits per heavy atom. The van der Waals surface area contributed by atoms with Crippen LogP contribution in [0.3, 0.4) is 0 Å². The standard InChI is InChI=1S/C13H20O2.C2H6/c1-9(2)12-8-11(15-10(3)4)6-7-13(12)14-5;1-2/h6-10H,1-5H3;1-2H3. The highest BCUT2D eigenvalue weighted by molar-refractivity contribution is 5.42. The molecule has 0 atom stereocenters. The van der Waals surface area contributed by atoms with Crippen molar-refractivity contribution in [2.24, 2.45) is 0 Å². The first-order valence-corrected chi connectivity index (χ1v) is 6.39. The molecule has 0 aliphatic carbocycles. The fraction of sp³-hybridized carbons (Fsp3) is 0.600. The molecule has 2 nitrogen and oxygen atoms in total. The van der Waals surface area contributed by atoms with Crippen LogP contribution in [0.4, 0.5) is 0 Å². The number of hydrogen-bond acceptors (Lipinski definition) is 2. The lowest BCUT2D eigenvalue weighted by Crippen LogP contribution is -2.06. The van der Waals surface area contributed by atoms with E-state index in [1.807, 2.05) is 39.8 Å². The molecule has 98 valence electrons. The van der Waals surface area contributed by atoms with Crippen molar-refractivity contribution in [2.75, 3.05) is 7.11 Å². The summed E-state index contributed by atoms with van der Waals surface area (Å²) >= 11 is 0. The van der Waals surface area contributed by atoms with Gasteiger partial charge in [-0.15, -0.1) is 0 Å². The quantitative estimate of drug-likeness (QED) is 0.761. The van der Waals surface area contributed by atoms with Gasteiger partial charge in [0.05, 0.1) is 13.2 Å². The van der Waals surface area contributed by atoms with Gasteiger partial charge >= 0.3 is 0 Å². The average Bonchev–Trinajstić information content (AvgIpc) is 2.30. The zero-order chi connectivity index (χ0) is 13.4. The summed E-state index contributed by atoms with van der Waals surface area (Å²) in [5.41, 5.74) is 1.19. The Kier molecular flexibility index (Phi) is 7.44. The number of benzene rings is 1. The van der Waals surface area contributed by atoms with Crippen LogP contribution in [-0.2, 0) is 0 Å². The highest BCUT2D eigenvalue weighted by Gasteiger charge is 2.09. The molecule has 2 heteroatoms. The second kappa shape index (κ2) is 7.99. The van der Waals surface area contributed by atoms with E-state index in [1.165, 1.54) is 5.56 Å². The summed E-state index contributed by atoms with van der Waals surface area (Å²) in [6, 6.07) is 5.97. The van der Waals surface area contributed by atoms with Crippen LogP contribution < -0.4 is 9.47 Å². The van der Waals surface area contributed by atoms with E-state index in [0.717, 1.165) is 11.5 Å². The molecule has 0 spiro atoms. The largest absolute Gasteiger partial charge is 0.496 e. The molecule has 17 heavy (non-hydrogen) atoms. The van der Waals surface area contributed by atoms with Gasteiger partial charge in [0.2, 0.25) is 0 Å². The van der Waals surface area contributed by atoms with E-state index >= 15 is 0 Å². The molecule has 0 aliphatic heterocycles. The third-order valence-corrected chi connectivity index (χ3v) is 2.19. The van der Waals surface area contributed by atoms with Crippen molar-refractivity contribution in [1.29, 1.82) is 0 Å². The van der Waals surface area contributed by atoms with Crippen LogP contribution >= 0.6 is 0 Å². The summed E-state index contributed by atoms with van der Waals surface area (Å²) in [4.78, 5) is 0. The Hall–Kier alpha value is -1.18. The van der Waals surface area contributed by atoms with Crippen molar-refractivity contribution in [3.63, 3.8) is 0 Å². The molecular formula is C15H26O2. The van der Waals surface area contributed by atoms with Crippen LogP contribution in [0.2, 0.25) is 0 Å². The van der Waals surface area contributed by atoms with Crippen LogP contribution in [0.25, 0.3) is 0 Å². The highest BCUT2D eigenvalue weighted by Crippen LogP contribution is 2.30. The fourth-order valence-corrected chi connectivity index (χ4v) is 1.51. The molecule has 0 radical (unpaired) electrons. The Labute approximate surface area is 106 Å². The normalized spacial score (nSPS) is 9.94. The lowest BCUT2D eigenvalue weighted by Gasteiger charge is -2.15. The first kappa shape index (κ1) is 15.8. The third-order valence-electron chi connectivity index (χ3n) is 2.19. The maximum atomic E-state index is 5.65. The number of rotatable bonds is 4. The number of hydrogen-bond donors (Lipinski definition) is 0. The smallest absolute Gasteiger partial charge is 0.122 e. The zero-order valence-electron chi connectivity index (χ0n) is 12.2. The van der Waals surface area contributed by atoms with Gasteiger partial charge in [0, 0.05) is 5.56 Å². The molecule has 0 aliphatic rings. The maximum Gasteiger partial charge on any atom is 0.122 e. The van der Waals surface area contributed by atoms with Gasteiger partial charge in [0.15, 0.2) is 0 Å². The summed E-state index contributed by atoms with van der Waals surface area (Å²) in [5, 5.41) is 0. The molecule has 0 bridgehead atoms. The van der Waals surface area contributed by atoms with E-state index in [0.29, 0.717) is 5.92 Å². The van der Waals surface area contributed by atoms with Crippen molar-refractivity contribution in [1.82, 2.24) is 0 Å². The predicted molar refractivity (Wildman–Crippen MR) is 74.2 cm³/mol. The zero-order valence-corrected chi connectivity index (χ0v) is 12.2. The van der Waals surface area contributed by atoms with E-state index in [-0.39, 0.29) is 6.10 Å². The minimum absolute atomic E-state index is 0.207. The average molecular weight is 238 g/mol. The molecule has 0 saturated heterocycles. The SMILES string of the molecule is CC.COc1ccc(OC(C)C)cc1C(C)C. The molecule has 0 fully saturated rings. The molecule has 0 amide bonds. The molecule has 1 aromatic carbocycles. The number of ether oxygens (including phenoxy) is 2. The maximum absolute atomic E-state index is 5.65. The molecule has 1 aromatic rings. The summed E-state index contributed by atoms with van der Waals surface area (Å²) in [6.45, 7) is 12.4. The second-order valence-electron chi connectivity index (χ2n) is 4.23. The molecule has 0 heterocycles. The molecule has 0 N–H and O–H groups in total. The van der Waals surface area contributed by atoms with Crippen molar-refractivity contribution in [3.05, 3.63) is 23.8 Å². The van der Waals surface area contributed by atoms with Crippen molar-refractivity contribution >= 4 is 0 Å². The Morgan fingerprint density at radius 1 is 1.00 bits per heavy atom. The fourth-order valence-electron chi connectivity index (χ4n) is 1.51. The molecule has 0 aromatic heterocycles. The Morgan fingerprint density at radius 3 is 2.00 bits per heavy atom. The van der Waals surface area contributed by atoms with E-state index in [4.69, 9.17) is 9.47 Å². The second-order valence-corrected chi connectivity index (χ2v) is 4.23. The summed E-state index contributed by atoms with van der Waals surface area (Å²) in [7, 11) is 1.70. The first-order chi connectivity index (χ1) is 8.04.